The average Bonchev–Trinajstić information content (AvgIpc) is 4.29. The Hall–Kier alpha value is -0.540. The van der Waals surface area contributed by atoms with Crippen molar-refractivity contribution in [2.45, 2.75) is 304 Å². The predicted octanol–water partition coefficient (Wildman–Crippen LogP) is 13.5. The van der Waals surface area contributed by atoms with E-state index in [9.17, 15) is 47.6 Å². The number of sulfone groups is 2. The first kappa shape index (κ1) is 81.7. The van der Waals surface area contributed by atoms with E-state index in [1.807, 2.05) is 0 Å². The first-order valence-electron chi connectivity index (χ1n) is 30.4. The lowest BCUT2D eigenvalue weighted by molar-refractivity contribution is 0.00205. The minimum Gasteiger partial charge on any atom is -0.390 e. The lowest BCUT2D eigenvalue weighted by Gasteiger charge is -2.42. The lowest BCUT2D eigenvalue weighted by atomic mass is 9.64. The number of nitrogens with zero attached hydrogens (tertiary/aromatic N) is 2. The summed E-state index contributed by atoms with van der Waals surface area (Å²) in [7, 11) is -11.5. The zero-order chi connectivity index (χ0) is 61.6. The number of halogens is 2. The maximum Gasteiger partial charge on any atom is 0.336 e. The van der Waals surface area contributed by atoms with Gasteiger partial charge in [0.25, 0.3) is 0 Å². The van der Waals surface area contributed by atoms with Gasteiger partial charge in [-0.1, -0.05) is 94.4 Å². The van der Waals surface area contributed by atoms with Gasteiger partial charge in [-0.2, -0.15) is 8.78 Å². The van der Waals surface area contributed by atoms with Crippen molar-refractivity contribution in [2.24, 2.45) is 35.0 Å². The number of sulfonamides is 2. The highest BCUT2D eigenvalue weighted by atomic mass is 32.2. The van der Waals surface area contributed by atoms with E-state index < -0.39 is 50.7 Å². The van der Waals surface area contributed by atoms with Crippen LogP contribution in [0.5, 0.6) is 0 Å². The van der Waals surface area contributed by atoms with Crippen molar-refractivity contribution >= 4 is 39.7 Å². The molecule has 0 aromatic heterocycles. The smallest absolute Gasteiger partial charge is 0.336 e. The molecule has 474 valence electrons. The second-order valence-electron chi connectivity index (χ2n) is 26.0. The van der Waals surface area contributed by atoms with E-state index in [1.54, 1.807) is 55.4 Å². The standard InChI is InChI=1S/C9H19N.C8H17N.C8H16O.C8H16.C6H13NO2S.C6H14O2S.C6H12.C4H8F2O2S.C4H11NO2S/c1-9(2)8-10-6-4-3-5-7-10;1-8(2)9-6-4-3-5-7-9;1-7(2)8(9)5-3-4-6-8;1-7(2)8(3)5-4-6-8;1-5(2)10(8,9)7-6-3-4-6;1-5(2)9(7,8)6(3)4;1-5(2)6-3-4-6;1-3(2)9(7,8)4(5)6;1-4(2)8(6,7)5-3/h9H,3-8H2,1-2H3;8H,3-7H2,1-2H3;7,9H,3-6H2,1-2H3;7H,4-6H2,1-3H3;5-7H,3-4H2,1-2H3;5-6H,1-4H3;5-6H,3-4H2,1-2H3;3-4H,1-2H3;4-5H,1-3H3. The van der Waals surface area contributed by atoms with Gasteiger partial charge in [-0.3, -0.25) is 0 Å². The summed E-state index contributed by atoms with van der Waals surface area (Å²) in [4.78, 5) is 5.15. The summed E-state index contributed by atoms with van der Waals surface area (Å²) >= 11 is 0. The molecule has 3 N–H and O–H groups in total. The average molecular weight is 1200 g/mol. The van der Waals surface area contributed by atoms with Crippen LogP contribution in [0.1, 0.15) is 255 Å². The number of aliphatic hydroxyl groups is 1. The first-order valence-corrected chi connectivity index (χ1v) is 36.7. The lowest BCUT2D eigenvalue weighted by Crippen LogP contribution is -2.35. The van der Waals surface area contributed by atoms with E-state index >= 15 is 0 Å². The Morgan fingerprint density at radius 2 is 0.897 bits per heavy atom. The molecule has 6 fully saturated rings. The van der Waals surface area contributed by atoms with E-state index in [0.29, 0.717) is 5.92 Å². The minimum atomic E-state index is -4.15. The largest absolute Gasteiger partial charge is 0.390 e. The minimum absolute atomic E-state index is 0.238. The van der Waals surface area contributed by atoms with Gasteiger partial charge in [0.05, 0.1) is 31.9 Å². The highest BCUT2D eigenvalue weighted by Crippen LogP contribution is 2.46. The molecule has 78 heavy (non-hydrogen) atoms. The van der Waals surface area contributed by atoms with Gasteiger partial charge >= 0.3 is 5.76 Å². The summed E-state index contributed by atoms with van der Waals surface area (Å²) in [6.45, 7) is 47.6. The Morgan fingerprint density at radius 1 is 0.500 bits per heavy atom. The van der Waals surface area contributed by atoms with Crippen LogP contribution in [0.4, 0.5) is 8.78 Å². The maximum absolute atomic E-state index is 11.5. The summed E-state index contributed by atoms with van der Waals surface area (Å²) < 4.78 is 114. The van der Waals surface area contributed by atoms with E-state index in [1.165, 1.54) is 137 Å². The number of alkyl halides is 2. The van der Waals surface area contributed by atoms with Crippen molar-refractivity contribution in [3.63, 3.8) is 0 Å². The molecular formula is C59H126F2N4O9S4. The third-order valence-corrected chi connectivity index (χ3v) is 24.0. The quantitative estimate of drug-likeness (QED) is 0.142. The van der Waals surface area contributed by atoms with Crippen molar-refractivity contribution in [1.29, 1.82) is 0 Å². The maximum atomic E-state index is 11.5. The Bertz CT molecular complexity index is 1880. The van der Waals surface area contributed by atoms with Crippen LogP contribution in [0, 0.1) is 35.0 Å². The molecule has 2 aliphatic heterocycles. The summed E-state index contributed by atoms with van der Waals surface area (Å²) in [5.74, 6) is 1.02. The van der Waals surface area contributed by atoms with Gasteiger partial charge in [-0.25, -0.2) is 43.1 Å². The van der Waals surface area contributed by atoms with Crippen LogP contribution in [-0.2, 0) is 39.7 Å². The van der Waals surface area contributed by atoms with Gasteiger partial charge in [-0.15, -0.1) is 0 Å². The van der Waals surface area contributed by atoms with E-state index in [2.05, 4.69) is 95.4 Å². The van der Waals surface area contributed by atoms with Gasteiger partial charge in [0.15, 0.2) is 9.84 Å². The summed E-state index contributed by atoms with van der Waals surface area (Å²) in [6.07, 6.45) is 22.4. The van der Waals surface area contributed by atoms with Crippen LogP contribution in [0.3, 0.4) is 0 Å². The van der Waals surface area contributed by atoms with Crippen LogP contribution in [0.25, 0.3) is 0 Å². The topological polar surface area (TPSA) is 187 Å². The van der Waals surface area contributed by atoms with Crippen molar-refractivity contribution in [2.75, 3.05) is 39.8 Å². The van der Waals surface area contributed by atoms with Crippen LogP contribution < -0.4 is 9.44 Å². The first-order chi connectivity index (χ1) is 35.5. The van der Waals surface area contributed by atoms with E-state index in [0.717, 1.165) is 60.8 Å². The molecule has 0 unspecified atom stereocenters. The number of nitrogens with one attached hydrogen (secondary N) is 2. The predicted molar refractivity (Wildman–Crippen MR) is 331 cm³/mol. The molecule has 19 heteroatoms. The Labute approximate surface area is 482 Å². The normalized spacial score (nSPS) is 19.6. The van der Waals surface area contributed by atoms with Gasteiger partial charge in [0.1, 0.15) is 0 Å². The summed E-state index contributed by atoms with van der Waals surface area (Å²) in [5, 5.41) is 7.68. The second kappa shape index (κ2) is 39.9. The molecule has 0 aromatic rings. The highest BCUT2D eigenvalue weighted by molar-refractivity contribution is 7.92. The zero-order valence-electron chi connectivity index (χ0n) is 54.1. The summed E-state index contributed by atoms with van der Waals surface area (Å²) in [5.41, 5.74) is 0.417. The molecule has 4 aliphatic carbocycles. The molecule has 2 saturated heterocycles. The zero-order valence-corrected chi connectivity index (χ0v) is 57.3. The van der Waals surface area contributed by atoms with Gasteiger partial charge in [0, 0.05) is 18.6 Å². The molecule has 13 nitrogen and oxygen atoms in total. The molecule has 0 aromatic carbocycles. The molecule has 0 bridgehead atoms. The molecule has 0 atom stereocenters. The molecule has 0 amide bonds. The fourth-order valence-electron chi connectivity index (χ4n) is 8.29. The van der Waals surface area contributed by atoms with Crippen molar-refractivity contribution < 1.29 is 47.6 Å². The molecule has 6 rings (SSSR count). The number of rotatable bonds is 15. The van der Waals surface area contributed by atoms with E-state index in [4.69, 9.17) is 0 Å². The number of piperidine rings is 2. The van der Waals surface area contributed by atoms with Crippen molar-refractivity contribution in [1.82, 2.24) is 19.2 Å². The van der Waals surface area contributed by atoms with Crippen LogP contribution >= 0.6 is 0 Å². The molecule has 0 spiro atoms. The number of hydrogen-bond acceptors (Lipinski definition) is 11. The monoisotopic (exact) mass is 1200 g/mol. The third-order valence-electron chi connectivity index (χ3n) is 15.8. The van der Waals surface area contributed by atoms with Crippen molar-refractivity contribution in [3.8, 4) is 0 Å². The molecular weight excluding hydrogens is 1070 g/mol. The second-order valence-corrected chi connectivity index (χ2v) is 36.3. The van der Waals surface area contributed by atoms with Crippen LogP contribution in [0.2, 0.25) is 0 Å². The third kappa shape index (κ3) is 36.9. The van der Waals surface area contributed by atoms with Gasteiger partial charge in [-0.05, 0) is 228 Å². The number of likely N-dealkylation sites (tertiary alicyclic amines) is 2. The van der Waals surface area contributed by atoms with Gasteiger partial charge < -0.3 is 14.9 Å². The Balaban J connectivity index is -0.000000813. The SMILES string of the molecule is CC(C)C1(C)CCC1.CC(C)C1(O)CCCC1.CC(C)C1CC1.CC(C)CN1CCCCC1.CC(C)N1CCCCC1.CC(C)S(=O)(=O)C(C)C.CC(C)S(=O)(=O)C(F)F.CC(C)S(=O)(=O)NC1CC1.CNS(=O)(=O)C(C)C. The fraction of sp³-hybridized carbons (Fsp3) is 1.00. The summed E-state index contributed by atoms with van der Waals surface area (Å²) in [6, 6.07) is 1.01. The Kier molecular flexibility index (Phi) is 41.8. The molecule has 6 aliphatic rings. The molecule has 4 saturated carbocycles. The van der Waals surface area contributed by atoms with Gasteiger partial charge in [0.2, 0.25) is 29.9 Å². The highest BCUT2D eigenvalue weighted by Gasteiger charge is 2.35. The van der Waals surface area contributed by atoms with Crippen LogP contribution in [0.15, 0.2) is 0 Å². The van der Waals surface area contributed by atoms with Crippen LogP contribution in [-0.4, -0.2) is 138 Å². The number of hydrogen-bond donors (Lipinski definition) is 3. The fourth-order valence-corrected chi connectivity index (χ4v) is 11.2. The Morgan fingerprint density at radius 3 is 1.05 bits per heavy atom. The van der Waals surface area contributed by atoms with Crippen molar-refractivity contribution in [3.05, 3.63) is 0 Å². The van der Waals surface area contributed by atoms with E-state index in [-0.39, 0.29) is 32.6 Å². The molecule has 2 heterocycles. The molecule has 0 radical (unpaired) electrons.